The summed E-state index contributed by atoms with van der Waals surface area (Å²) in [5.74, 6) is 0.924. The number of aromatic nitrogens is 2. The van der Waals surface area contributed by atoms with Crippen molar-refractivity contribution >= 4 is 21.7 Å². The summed E-state index contributed by atoms with van der Waals surface area (Å²) < 4.78 is 5.76. The van der Waals surface area contributed by atoms with Gasteiger partial charge in [0.2, 0.25) is 0 Å². The second-order valence-electron chi connectivity index (χ2n) is 3.20. The molecule has 0 radical (unpaired) electrons. The number of benzene rings is 1. The number of H-pyrrole nitrogens is 1. The zero-order valence-corrected chi connectivity index (χ0v) is 10.1. The number of anilines is 1. The van der Waals surface area contributed by atoms with Crippen LogP contribution in [-0.4, -0.2) is 22.4 Å². The molecule has 2 aromatic rings. The lowest BCUT2D eigenvalue weighted by Crippen LogP contribution is -1.90. The van der Waals surface area contributed by atoms with Gasteiger partial charge in [0.1, 0.15) is 5.82 Å². The molecule has 0 saturated heterocycles. The number of methoxy groups -OCH3 is 1. The minimum atomic E-state index is 0.0696. The maximum atomic E-state index is 9.57. The van der Waals surface area contributed by atoms with Gasteiger partial charge in [0, 0.05) is 15.6 Å². The summed E-state index contributed by atoms with van der Waals surface area (Å²) in [6.45, 7) is 0. The van der Waals surface area contributed by atoms with Gasteiger partial charge in [-0.2, -0.15) is 5.10 Å². The number of phenolic OH excluding ortho intramolecular Hbond substituents is 1. The number of ether oxygens (including phenoxy) is 1. The zero-order chi connectivity index (χ0) is 11.7. The number of rotatable bonds is 2. The number of nitrogen functional groups attached to an aromatic ring is 1. The molecule has 0 saturated carbocycles. The lowest BCUT2D eigenvalue weighted by molar-refractivity contribution is 0.373. The molecular weight excluding hydrogens is 274 g/mol. The van der Waals surface area contributed by atoms with E-state index in [9.17, 15) is 5.11 Å². The average Bonchev–Trinajstić information content (AvgIpc) is 2.65. The molecule has 0 aliphatic heterocycles. The Labute approximate surface area is 100 Å². The molecular formula is C10H10BrN3O2. The quantitative estimate of drug-likeness (QED) is 0.788. The zero-order valence-electron chi connectivity index (χ0n) is 8.49. The van der Waals surface area contributed by atoms with Crippen LogP contribution in [0.4, 0.5) is 5.82 Å². The van der Waals surface area contributed by atoms with Gasteiger partial charge < -0.3 is 15.6 Å². The lowest BCUT2D eigenvalue weighted by Gasteiger charge is -2.08. The maximum absolute atomic E-state index is 9.57. The van der Waals surface area contributed by atoms with Gasteiger partial charge in [0.05, 0.1) is 13.3 Å². The van der Waals surface area contributed by atoms with E-state index in [4.69, 9.17) is 10.5 Å². The highest BCUT2D eigenvalue weighted by molar-refractivity contribution is 9.10. The van der Waals surface area contributed by atoms with Crippen molar-refractivity contribution in [1.29, 1.82) is 0 Å². The predicted octanol–water partition coefficient (Wildman–Crippen LogP) is 2.14. The number of hydrogen-bond donors (Lipinski definition) is 3. The summed E-state index contributed by atoms with van der Waals surface area (Å²) >= 11 is 3.35. The van der Waals surface area contributed by atoms with Crippen LogP contribution < -0.4 is 10.5 Å². The van der Waals surface area contributed by atoms with Gasteiger partial charge in [0.25, 0.3) is 0 Å². The fourth-order valence-corrected chi connectivity index (χ4v) is 1.97. The molecule has 84 valence electrons. The van der Waals surface area contributed by atoms with Gasteiger partial charge in [-0.15, -0.1) is 0 Å². The maximum Gasteiger partial charge on any atom is 0.161 e. The van der Waals surface area contributed by atoms with Crippen molar-refractivity contribution in [1.82, 2.24) is 10.2 Å². The summed E-state index contributed by atoms with van der Waals surface area (Å²) in [7, 11) is 1.49. The number of nitrogens with one attached hydrogen (secondary N) is 1. The van der Waals surface area contributed by atoms with Crippen LogP contribution in [0.5, 0.6) is 11.5 Å². The van der Waals surface area contributed by atoms with Gasteiger partial charge in [-0.3, -0.25) is 5.10 Å². The molecule has 0 fully saturated rings. The average molecular weight is 284 g/mol. The van der Waals surface area contributed by atoms with Gasteiger partial charge >= 0.3 is 0 Å². The van der Waals surface area contributed by atoms with Gasteiger partial charge in [-0.05, 0) is 12.1 Å². The number of nitrogens with two attached hydrogens (primary N) is 1. The van der Waals surface area contributed by atoms with Gasteiger partial charge in [-0.1, -0.05) is 15.9 Å². The van der Waals surface area contributed by atoms with Crippen molar-refractivity contribution in [2.75, 3.05) is 12.8 Å². The Balaban J connectivity index is 2.61. The molecule has 1 heterocycles. The minimum Gasteiger partial charge on any atom is -0.504 e. The monoisotopic (exact) mass is 283 g/mol. The number of halogens is 1. The van der Waals surface area contributed by atoms with Crippen molar-refractivity contribution in [2.45, 2.75) is 0 Å². The predicted molar refractivity (Wildman–Crippen MR) is 64.4 cm³/mol. The summed E-state index contributed by atoms with van der Waals surface area (Å²) in [5, 5.41) is 16.1. The highest BCUT2D eigenvalue weighted by Crippen LogP contribution is 2.39. The Morgan fingerprint density at radius 1 is 1.44 bits per heavy atom. The number of aromatic amines is 1. The Morgan fingerprint density at radius 2 is 2.19 bits per heavy atom. The molecule has 16 heavy (non-hydrogen) atoms. The first-order valence-electron chi connectivity index (χ1n) is 4.49. The van der Waals surface area contributed by atoms with Crippen LogP contribution in [0.15, 0.2) is 22.8 Å². The molecule has 4 N–H and O–H groups in total. The second-order valence-corrected chi connectivity index (χ2v) is 4.06. The van der Waals surface area contributed by atoms with Crippen molar-refractivity contribution in [3.05, 3.63) is 22.8 Å². The molecule has 0 spiro atoms. The Morgan fingerprint density at radius 3 is 2.75 bits per heavy atom. The smallest absolute Gasteiger partial charge is 0.161 e. The Hall–Kier alpha value is -1.69. The van der Waals surface area contributed by atoms with E-state index in [-0.39, 0.29) is 5.75 Å². The lowest BCUT2D eigenvalue weighted by atomic mass is 10.1. The van der Waals surface area contributed by atoms with Crippen LogP contribution in [0, 0.1) is 0 Å². The normalized spacial score (nSPS) is 10.4. The third-order valence-corrected chi connectivity index (χ3v) is 2.88. The molecule has 0 aliphatic rings. The van der Waals surface area contributed by atoms with Crippen molar-refractivity contribution in [3.8, 4) is 22.6 Å². The first-order chi connectivity index (χ1) is 7.63. The standard InChI is InChI=1S/C10H10BrN3O2/c1-16-9-2-5(7(11)3-8(9)15)6-4-13-14-10(6)12/h2-4,15H,1H3,(H3,12,13,14). The van der Waals surface area contributed by atoms with Crippen molar-refractivity contribution < 1.29 is 9.84 Å². The van der Waals surface area contributed by atoms with E-state index in [1.165, 1.54) is 7.11 Å². The van der Waals surface area contributed by atoms with Crippen LogP contribution in [0.1, 0.15) is 0 Å². The molecule has 0 atom stereocenters. The summed E-state index contributed by atoms with van der Waals surface area (Å²) in [6, 6.07) is 3.25. The third kappa shape index (κ3) is 1.71. The van der Waals surface area contributed by atoms with E-state index in [1.807, 2.05) is 0 Å². The van der Waals surface area contributed by atoms with E-state index in [1.54, 1.807) is 18.3 Å². The molecule has 0 unspecified atom stereocenters. The van der Waals surface area contributed by atoms with Crippen LogP contribution in [0.25, 0.3) is 11.1 Å². The number of hydrogen-bond acceptors (Lipinski definition) is 4. The number of aromatic hydroxyl groups is 1. The first kappa shape index (κ1) is 10.8. The molecule has 0 aliphatic carbocycles. The number of nitrogens with zero attached hydrogens (tertiary/aromatic N) is 1. The molecule has 0 amide bonds. The fraction of sp³-hybridized carbons (Fsp3) is 0.100. The third-order valence-electron chi connectivity index (χ3n) is 2.23. The van der Waals surface area contributed by atoms with Crippen molar-refractivity contribution in [3.63, 3.8) is 0 Å². The Kier molecular flexibility index (Phi) is 2.74. The van der Waals surface area contributed by atoms with Crippen molar-refractivity contribution in [2.24, 2.45) is 0 Å². The summed E-state index contributed by atoms with van der Waals surface area (Å²) in [5.41, 5.74) is 7.29. The van der Waals surface area contributed by atoms with E-state index in [2.05, 4.69) is 26.1 Å². The molecule has 6 heteroatoms. The molecule has 0 bridgehead atoms. The molecule has 1 aromatic carbocycles. The highest BCUT2D eigenvalue weighted by Gasteiger charge is 2.13. The Bertz CT molecular complexity index is 525. The van der Waals surface area contributed by atoms with Crippen LogP contribution in [0.3, 0.4) is 0 Å². The number of phenols is 1. The fourth-order valence-electron chi connectivity index (χ4n) is 1.42. The van der Waals surface area contributed by atoms with Gasteiger partial charge in [0.15, 0.2) is 11.5 Å². The van der Waals surface area contributed by atoms with E-state index < -0.39 is 0 Å². The van der Waals surface area contributed by atoms with E-state index >= 15 is 0 Å². The molecule has 5 nitrogen and oxygen atoms in total. The first-order valence-corrected chi connectivity index (χ1v) is 5.28. The minimum absolute atomic E-state index is 0.0696. The SMILES string of the molecule is COc1cc(-c2cn[nH]c2N)c(Br)cc1O. The van der Waals surface area contributed by atoms with Gasteiger partial charge in [-0.25, -0.2) is 0 Å². The summed E-state index contributed by atoms with van der Waals surface area (Å²) in [4.78, 5) is 0. The second kappa shape index (κ2) is 4.05. The largest absolute Gasteiger partial charge is 0.504 e. The van der Waals surface area contributed by atoms with Crippen LogP contribution in [0.2, 0.25) is 0 Å². The highest BCUT2D eigenvalue weighted by atomic mass is 79.9. The van der Waals surface area contributed by atoms with E-state index in [0.717, 1.165) is 15.6 Å². The van der Waals surface area contributed by atoms with E-state index in [0.29, 0.717) is 11.6 Å². The molecule has 1 aromatic heterocycles. The topological polar surface area (TPSA) is 84.2 Å². The van der Waals surface area contributed by atoms with Crippen LogP contribution in [-0.2, 0) is 0 Å². The molecule has 2 rings (SSSR count). The summed E-state index contributed by atoms with van der Waals surface area (Å²) in [6.07, 6.45) is 1.62. The van der Waals surface area contributed by atoms with Crippen LogP contribution >= 0.6 is 15.9 Å².